The molecule has 34 heavy (non-hydrogen) atoms. The summed E-state index contributed by atoms with van der Waals surface area (Å²) in [6.07, 6.45) is 5.13. The van der Waals surface area contributed by atoms with E-state index in [0.717, 1.165) is 48.6 Å². The number of aromatic amines is 1. The summed E-state index contributed by atoms with van der Waals surface area (Å²) in [5.74, 6) is -0.477. The molecule has 0 saturated carbocycles. The Morgan fingerprint density at radius 3 is 2.50 bits per heavy atom. The number of nitrogens with zero attached hydrogens (tertiary/aromatic N) is 4. The number of carbonyl (C=O) groups excluding carboxylic acids is 1. The molecule has 174 valence electrons. The lowest BCUT2D eigenvalue weighted by atomic mass is 10.1. The number of aromatic nitrogens is 3. The van der Waals surface area contributed by atoms with Crippen LogP contribution in [0.1, 0.15) is 10.4 Å². The number of carbonyl (C=O) groups is 1. The van der Waals surface area contributed by atoms with Crippen molar-refractivity contribution >= 4 is 39.7 Å². The van der Waals surface area contributed by atoms with Crippen LogP contribution < -0.4 is 21.1 Å². The van der Waals surface area contributed by atoms with Gasteiger partial charge in [-0.25, -0.2) is 4.98 Å². The molecule has 1 aromatic carbocycles. The molecule has 9 heteroatoms. The molecule has 3 aromatic heterocycles. The molecule has 1 aliphatic heterocycles. The Morgan fingerprint density at radius 1 is 0.971 bits per heavy atom. The van der Waals surface area contributed by atoms with Gasteiger partial charge in [-0.3, -0.25) is 9.59 Å². The van der Waals surface area contributed by atoms with Crippen LogP contribution in [0.3, 0.4) is 0 Å². The maximum absolute atomic E-state index is 13.1. The number of H-pyrrole nitrogens is 1. The van der Waals surface area contributed by atoms with Crippen LogP contribution in [0.2, 0.25) is 0 Å². The van der Waals surface area contributed by atoms with Gasteiger partial charge in [0.25, 0.3) is 11.5 Å². The van der Waals surface area contributed by atoms with Gasteiger partial charge < -0.3 is 30.0 Å². The normalized spacial score (nSPS) is 14.4. The van der Waals surface area contributed by atoms with Crippen molar-refractivity contribution in [1.29, 1.82) is 0 Å². The van der Waals surface area contributed by atoms with Gasteiger partial charge >= 0.3 is 0 Å². The fourth-order valence-corrected chi connectivity index (χ4v) is 4.24. The van der Waals surface area contributed by atoms with Crippen molar-refractivity contribution in [3.8, 4) is 0 Å². The third kappa shape index (κ3) is 4.25. The van der Waals surface area contributed by atoms with E-state index in [0.29, 0.717) is 11.4 Å². The molecule has 4 aromatic rings. The Balaban J connectivity index is 1.37. The molecular weight excluding hydrogens is 430 g/mol. The number of fused-ring (bicyclic) bond motifs is 1. The van der Waals surface area contributed by atoms with E-state index in [4.69, 9.17) is 0 Å². The molecule has 1 amide bonds. The van der Waals surface area contributed by atoms with Crippen LogP contribution in [0.5, 0.6) is 0 Å². The second-order valence-electron chi connectivity index (χ2n) is 8.53. The van der Waals surface area contributed by atoms with Crippen LogP contribution in [-0.4, -0.2) is 58.6 Å². The lowest BCUT2D eigenvalue weighted by Crippen LogP contribution is -2.44. The maximum Gasteiger partial charge on any atom is 0.263 e. The summed E-state index contributed by atoms with van der Waals surface area (Å²) < 4.78 is 1.91. The van der Waals surface area contributed by atoms with Crippen molar-refractivity contribution in [3.05, 3.63) is 77.0 Å². The van der Waals surface area contributed by atoms with E-state index in [1.165, 1.54) is 6.20 Å². The first-order valence-electron chi connectivity index (χ1n) is 11.2. The van der Waals surface area contributed by atoms with Crippen molar-refractivity contribution in [2.24, 2.45) is 7.05 Å². The van der Waals surface area contributed by atoms with E-state index in [9.17, 15) is 9.59 Å². The quantitative estimate of drug-likeness (QED) is 0.426. The fourth-order valence-electron chi connectivity index (χ4n) is 4.24. The molecule has 1 aliphatic rings. The average molecular weight is 458 g/mol. The van der Waals surface area contributed by atoms with Gasteiger partial charge in [-0.05, 0) is 49.5 Å². The van der Waals surface area contributed by atoms with Crippen molar-refractivity contribution in [1.82, 2.24) is 19.4 Å². The Labute approximate surface area is 197 Å². The van der Waals surface area contributed by atoms with E-state index in [1.807, 2.05) is 54.2 Å². The predicted octanol–water partition coefficient (Wildman–Crippen LogP) is 3.01. The minimum absolute atomic E-state index is 0.0199. The van der Waals surface area contributed by atoms with Gasteiger partial charge in [0, 0.05) is 68.6 Å². The number of benzene rings is 1. The molecule has 5 rings (SSSR count). The number of piperazine rings is 1. The lowest BCUT2D eigenvalue weighted by molar-refractivity contribution is 0.102. The van der Waals surface area contributed by atoms with Crippen molar-refractivity contribution in [2.45, 2.75) is 0 Å². The molecule has 0 radical (unpaired) electrons. The highest BCUT2D eigenvalue weighted by molar-refractivity contribution is 6.08. The number of rotatable bonds is 5. The second-order valence-corrected chi connectivity index (χ2v) is 8.53. The van der Waals surface area contributed by atoms with Gasteiger partial charge in [0.1, 0.15) is 11.2 Å². The highest BCUT2D eigenvalue weighted by Crippen LogP contribution is 2.27. The Morgan fingerprint density at radius 2 is 1.74 bits per heavy atom. The monoisotopic (exact) mass is 457 g/mol. The number of likely N-dealkylation sites (N-methyl/N-ethyl adjacent to an activating group) is 1. The molecule has 1 fully saturated rings. The van der Waals surface area contributed by atoms with Crippen LogP contribution in [0, 0.1) is 0 Å². The summed E-state index contributed by atoms with van der Waals surface area (Å²) in [6.45, 7) is 4.00. The first kappa shape index (κ1) is 21.7. The molecule has 1 saturated heterocycles. The fraction of sp³-hybridized carbons (Fsp3) is 0.240. The highest BCUT2D eigenvalue weighted by Gasteiger charge is 2.18. The molecule has 0 spiro atoms. The number of nitrogens with one attached hydrogen (secondary N) is 3. The summed E-state index contributed by atoms with van der Waals surface area (Å²) in [7, 11) is 4.04. The number of amides is 1. The van der Waals surface area contributed by atoms with Gasteiger partial charge in [-0.15, -0.1) is 0 Å². The zero-order valence-electron chi connectivity index (χ0n) is 19.2. The molecular formula is C25H27N7O2. The average Bonchev–Trinajstić information content (AvgIpc) is 3.22. The molecule has 4 heterocycles. The van der Waals surface area contributed by atoms with Crippen molar-refractivity contribution in [2.75, 3.05) is 48.8 Å². The van der Waals surface area contributed by atoms with Crippen LogP contribution in [0.4, 0.5) is 22.7 Å². The number of hydrogen-bond donors (Lipinski definition) is 3. The zero-order valence-corrected chi connectivity index (χ0v) is 19.2. The molecule has 3 N–H and O–H groups in total. The lowest BCUT2D eigenvalue weighted by Gasteiger charge is -2.34. The maximum atomic E-state index is 13.1. The highest BCUT2D eigenvalue weighted by atomic mass is 16.2. The summed E-state index contributed by atoms with van der Waals surface area (Å²) in [4.78, 5) is 37.4. The Kier molecular flexibility index (Phi) is 5.77. The number of anilines is 4. The Bertz CT molecular complexity index is 1380. The summed E-state index contributed by atoms with van der Waals surface area (Å²) >= 11 is 0. The smallest absolute Gasteiger partial charge is 0.263 e. The second kappa shape index (κ2) is 9.03. The molecule has 0 aliphatic carbocycles. The van der Waals surface area contributed by atoms with Crippen molar-refractivity contribution in [3.63, 3.8) is 0 Å². The van der Waals surface area contributed by atoms with Gasteiger partial charge in [-0.2, -0.15) is 0 Å². The van der Waals surface area contributed by atoms with Crippen molar-refractivity contribution < 1.29 is 4.79 Å². The van der Waals surface area contributed by atoms with E-state index in [1.54, 1.807) is 12.3 Å². The Hall–Kier alpha value is -4.11. The molecule has 9 nitrogen and oxygen atoms in total. The minimum atomic E-state index is -0.477. The molecule has 0 bridgehead atoms. The van der Waals surface area contributed by atoms with Gasteiger partial charge in [0.15, 0.2) is 0 Å². The van der Waals surface area contributed by atoms with E-state index in [2.05, 4.69) is 37.4 Å². The minimum Gasteiger partial charge on any atom is -0.369 e. The van der Waals surface area contributed by atoms with Gasteiger partial charge in [0.2, 0.25) is 0 Å². The topological polar surface area (TPSA) is 98.3 Å². The SMILES string of the molecule is CN1CCN(c2ccc(NC(=O)c3c(Nc4ccnc5c4ccn5C)cc[nH]c3=O)cc2)CC1. The number of pyridine rings is 2. The van der Waals surface area contributed by atoms with Crippen LogP contribution in [0.25, 0.3) is 11.0 Å². The standard InChI is InChI=1S/C25H27N7O2/c1-30-13-15-32(16-14-30)18-5-3-17(4-6-18)28-25(34)22-21(8-11-27-24(22)33)29-20-7-10-26-23-19(20)9-12-31(23)2/h3-12H,13-16H2,1-2H3,(H,28,34)(H2,26,27,29,33). The third-order valence-corrected chi connectivity index (χ3v) is 6.22. The summed E-state index contributed by atoms with van der Waals surface area (Å²) in [5, 5.41) is 7.01. The van der Waals surface area contributed by atoms with Crippen LogP contribution in [0.15, 0.2) is 65.8 Å². The summed E-state index contributed by atoms with van der Waals surface area (Å²) in [6, 6.07) is 13.2. The van der Waals surface area contributed by atoms with E-state index < -0.39 is 11.5 Å². The predicted molar refractivity (Wildman–Crippen MR) is 135 cm³/mol. The zero-order chi connectivity index (χ0) is 23.7. The molecule has 0 unspecified atom stereocenters. The van der Waals surface area contributed by atoms with Gasteiger partial charge in [0.05, 0.1) is 11.4 Å². The molecule has 0 atom stereocenters. The first-order valence-corrected chi connectivity index (χ1v) is 11.2. The third-order valence-electron chi connectivity index (χ3n) is 6.22. The van der Waals surface area contributed by atoms with E-state index >= 15 is 0 Å². The van der Waals surface area contributed by atoms with Crippen LogP contribution >= 0.6 is 0 Å². The number of aryl methyl sites for hydroxylation is 1. The van der Waals surface area contributed by atoms with Crippen LogP contribution in [-0.2, 0) is 7.05 Å². The number of hydrogen-bond acceptors (Lipinski definition) is 6. The largest absolute Gasteiger partial charge is 0.369 e. The van der Waals surface area contributed by atoms with Gasteiger partial charge in [-0.1, -0.05) is 0 Å². The van der Waals surface area contributed by atoms with E-state index in [-0.39, 0.29) is 5.56 Å². The first-order chi connectivity index (χ1) is 16.5. The summed E-state index contributed by atoms with van der Waals surface area (Å²) in [5.41, 5.74) is 3.30.